The third kappa shape index (κ3) is 4.48. The van der Waals surface area contributed by atoms with Gasteiger partial charge in [0.05, 0.1) is 50.0 Å². The maximum absolute atomic E-state index is 6.73. The molecule has 0 amide bonds. The number of nitrogens with zero attached hydrogens (tertiary/aromatic N) is 4. The molecule has 1 aromatic heterocycles. The molecular formula is C26H25Cl2N5. The van der Waals surface area contributed by atoms with E-state index in [0.29, 0.717) is 5.03 Å². The van der Waals surface area contributed by atoms with E-state index in [4.69, 9.17) is 33.2 Å². The SMILES string of the molecule is CC(C)/N=c1\cc2n(C3=C(Cl)C=C(Cl)CC3)c3c(nc-2cc1Nc1cccnc1)=CCCC=3. The van der Waals surface area contributed by atoms with Crippen LogP contribution in [-0.4, -0.2) is 20.6 Å². The van der Waals surface area contributed by atoms with Gasteiger partial charge >= 0.3 is 0 Å². The van der Waals surface area contributed by atoms with E-state index in [9.17, 15) is 0 Å². The number of anilines is 2. The number of fused-ring (bicyclic) bond motifs is 2. The molecule has 1 aromatic rings. The lowest BCUT2D eigenvalue weighted by molar-refractivity contribution is 0.804. The van der Waals surface area contributed by atoms with E-state index in [1.807, 2.05) is 18.2 Å². The summed E-state index contributed by atoms with van der Waals surface area (Å²) in [7, 11) is 0. The summed E-state index contributed by atoms with van der Waals surface area (Å²) in [5, 5.41) is 7.86. The Morgan fingerprint density at radius 1 is 1.12 bits per heavy atom. The van der Waals surface area contributed by atoms with Crippen LogP contribution in [0.1, 0.15) is 39.5 Å². The van der Waals surface area contributed by atoms with Crippen LogP contribution in [0.25, 0.3) is 29.2 Å². The van der Waals surface area contributed by atoms with E-state index in [0.717, 1.165) is 75.2 Å². The topological polar surface area (TPSA) is 55.1 Å². The Labute approximate surface area is 202 Å². The highest BCUT2D eigenvalue weighted by Crippen LogP contribution is 2.33. The molecule has 0 fully saturated rings. The van der Waals surface area contributed by atoms with Crippen molar-refractivity contribution in [3.05, 3.63) is 68.9 Å². The predicted octanol–water partition coefficient (Wildman–Crippen LogP) is 5.11. The molecule has 0 unspecified atom stereocenters. The Morgan fingerprint density at radius 2 is 1.97 bits per heavy atom. The zero-order valence-electron chi connectivity index (χ0n) is 18.6. The maximum Gasteiger partial charge on any atom is 0.0900 e. The summed E-state index contributed by atoms with van der Waals surface area (Å²) in [5.41, 5.74) is 4.71. The monoisotopic (exact) mass is 477 g/mol. The highest BCUT2D eigenvalue weighted by molar-refractivity contribution is 6.36. The fraction of sp³-hybridized carbons (Fsp3) is 0.269. The molecule has 7 heteroatoms. The van der Waals surface area contributed by atoms with Crippen LogP contribution in [0.15, 0.2) is 57.8 Å². The number of hydrogen-bond acceptors (Lipinski definition) is 4. The Balaban J connectivity index is 1.83. The fourth-order valence-corrected chi connectivity index (χ4v) is 4.86. The smallest absolute Gasteiger partial charge is 0.0900 e. The van der Waals surface area contributed by atoms with Crippen molar-refractivity contribution in [2.45, 2.75) is 45.6 Å². The number of pyridine rings is 1. The van der Waals surface area contributed by atoms with Gasteiger partial charge in [-0.3, -0.25) is 9.98 Å². The summed E-state index contributed by atoms with van der Waals surface area (Å²) >= 11 is 13.0. The normalized spacial score (nSPS) is 16.4. The van der Waals surface area contributed by atoms with Crippen molar-refractivity contribution in [2.24, 2.45) is 4.99 Å². The van der Waals surface area contributed by atoms with Gasteiger partial charge < -0.3 is 9.88 Å². The van der Waals surface area contributed by atoms with E-state index in [1.165, 1.54) is 0 Å². The van der Waals surface area contributed by atoms with Gasteiger partial charge in [0.1, 0.15) is 0 Å². The van der Waals surface area contributed by atoms with E-state index in [2.05, 4.69) is 53.0 Å². The zero-order valence-corrected chi connectivity index (χ0v) is 20.2. The van der Waals surface area contributed by atoms with Gasteiger partial charge in [-0.2, -0.15) is 0 Å². The van der Waals surface area contributed by atoms with Crippen LogP contribution in [0, 0.1) is 0 Å². The van der Waals surface area contributed by atoms with Crippen molar-refractivity contribution in [3.8, 4) is 11.4 Å². The summed E-state index contributed by atoms with van der Waals surface area (Å²) in [6, 6.07) is 8.22. The number of nitrogens with one attached hydrogen (secondary N) is 1. The van der Waals surface area contributed by atoms with Gasteiger partial charge in [-0.15, -0.1) is 0 Å². The first-order valence-corrected chi connectivity index (χ1v) is 12.0. The van der Waals surface area contributed by atoms with Crippen molar-refractivity contribution >= 4 is 52.4 Å². The molecule has 2 heterocycles. The van der Waals surface area contributed by atoms with Crippen LogP contribution in [0.3, 0.4) is 0 Å². The summed E-state index contributed by atoms with van der Waals surface area (Å²) in [6.45, 7) is 4.15. The summed E-state index contributed by atoms with van der Waals surface area (Å²) in [5.74, 6) is 0. The van der Waals surface area contributed by atoms with Gasteiger partial charge in [-0.25, -0.2) is 4.98 Å². The highest BCUT2D eigenvalue weighted by Gasteiger charge is 2.21. The molecule has 0 saturated carbocycles. The van der Waals surface area contributed by atoms with Gasteiger partial charge in [-0.1, -0.05) is 35.4 Å². The van der Waals surface area contributed by atoms with E-state index in [-0.39, 0.29) is 6.04 Å². The molecule has 5 rings (SSSR count). The lowest BCUT2D eigenvalue weighted by Crippen LogP contribution is -2.41. The maximum atomic E-state index is 6.73. The molecule has 0 radical (unpaired) electrons. The number of rotatable bonds is 4. The Kier molecular flexibility index (Phi) is 6.09. The largest absolute Gasteiger partial charge is 0.352 e. The molecule has 0 aromatic carbocycles. The Morgan fingerprint density at radius 3 is 2.73 bits per heavy atom. The number of hydrogen-bond donors (Lipinski definition) is 1. The van der Waals surface area contributed by atoms with Crippen LogP contribution in [-0.2, 0) is 0 Å². The number of allylic oxidation sites excluding steroid dienone is 4. The standard InChI is InChI=1S/C26H25Cl2N5/c1-16(2)30-22-14-26-23(13-21(22)31-18-6-5-11-29-15-18)32-20-7-3-4-8-25(20)33(26)24-10-9-17(27)12-19(24)28/h5-8,11-16,31H,3-4,9-10H2,1-2H3/b30-22+. The first-order valence-electron chi connectivity index (χ1n) is 11.2. The summed E-state index contributed by atoms with van der Waals surface area (Å²) in [6.07, 6.45) is 13.4. The minimum absolute atomic E-state index is 0.134. The lowest BCUT2D eigenvalue weighted by Gasteiger charge is -2.24. The van der Waals surface area contributed by atoms with Crippen molar-refractivity contribution < 1.29 is 0 Å². The molecule has 0 bridgehead atoms. The number of halogens is 2. The lowest BCUT2D eigenvalue weighted by atomic mass is 10.1. The Bertz CT molecular complexity index is 1430. The molecule has 33 heavy (non-hydrogen) atoms. The second kappa shape index (κ2) is 9.16. The van der Waals surface area contributed by atoms with Crippen LogP contribution < -0.4 is 21.4 Å². The average molecular weight is 478 g/mol. The second-order valence-electron chi connectivity index (χ2n) is 8.54. The summed E-state index contributed by atoms with van der Waals surface area (Å²) < 4.78 is 2.25. The predicted molar refractivity (Wildman–Crippen MR) is 137 cm³/mol. The van der Waals surface area contributed by atoms with Crippen molar-refractivity contribution in [1.82, 2.24) is 14.5 Å². The van der Waals surface area contributed by atoms with Crippen LogP contribution in [0.2, 0.25) is 0 Å². The van der Waals surface area contributed by atoms with Crippen LogP contribution in [0.4, 0.5) is 11.4 Å². The second-order valence-corrected chi connectivity index (χ2v) is 9.43. The first kappa shape index (κ1) is 21.9. The van der Waals surface area contributed by atoms with Gasteiger partial charge in [-0.05, 0) is 69.9 Å². The molecular weight excluding hydrogens is 453 g/mol. The molecule has 3 aliphatic carbocycles. The van der Waals surface area contributed by atoms with Crippen molar-refractivity contribution in [1.29, 1.82) is 0 Å². The van der Waals surface area contributed by atoms with Gasteiger partial charge in [0, 0.05) is 23.0 Å². The molecule has 0 saturated heterocycles. The quantitative estimate of drug-likeness (QED) is 0.567. The van der Waals surface area contributed by atoms with Gasteiger partial charge in [0.2, 0.25) is 0 Å². The van der Waals surface area contributed by atoms with E-state index >= 15 is 0 Å². The molecule has 168 valence electrons. The summed E-state index contributed by atoms with van der Waals surface area (Å²) in [4.78, 5) is 14.2. The number of benzene rings is 1. The number of aromatic nitrogens is 3. The first-order chi connectivity index (χ1) is 16.0. The average Bonchev–Trinajstić information content (AvgIpc) is 2.79. The van der Waals surface area contributed by atoms with Crippen LogP contribution >= 0.6 is 23.2 Å². The molecule has 0 spiro atoms. The highest BCUT2D eigenvalue weighted by atomic mass is 35.5. The van der Waals surface area contributed by atoms with E-state index in [1.54, 1.807) is 12.4 Å². The molecule has 5 nitrogen and oxygen atoms in total. The molecule has 1 aliphatic heterocycles. The molecule has 0 atom stereocenters. The third-order valence-electron chi connectivity index (χ3n) is 5.69. The van der Waals surface area contributed by atoms with Crippen molar-refractivity contribution in [3.63, 3.8) is 0 Å². The van der Waals surface area contributed by atoms with Gasteiger partial charge in [0.15, 0.2) is 0 Å². The van der Waals surface area contributed by atoms with E-state index < -0.39 is 0 Å². The van der Waals surface area contributed by atoms with Crippen molar-refractivity contribution in [2.75, 3.05) is 5.32 Å². The zero-order chi connectivity index (χ0) is 22.9. The Hall–Kier alpha value is -2.89. The minimum atomic E-state index is 0.134. The molecule has 1 N–H and O–H groups in total. The fourth-order valence-electron chi connectivity index (χ4n) is 4.29. The van der Waals surface area contributed by atoms with Gasteiger partial charge in [0.25, 0.3) is 0 Å². The third-order valence-corrected chi connectivity index (χ3v) is 6.31. The van der Waals surface area contributed by atoms with Crippen LogP contribution in [0.5, 0.6) is 0 Å². The molecule has 4 aliphatic rings. The minimum Gasteiger partial charge on any atom is -0.352 e.